The van der Waals surface area contributed by atoms with Crippen LogP contribution >= 0.6 is 0 Å². The highest BCUT2D eigenvalue weighted by Crippen LogP contribution is 2.09. The van der Waals surface area contributed by atoms with Gasteiger partial charge in [0.25, 0.3) is 0 Å². The highest BCUT2D eigenvalue weighted by atomic mass is 16.5. The Labute approximate surface area is 95.2 Å². The Kier molecular flexibility index (Phi) is 5.53. The van der Waals surface area contributed by atoms with E-state index in [0.29, 0.717) is 0 Å². The third-order valence-corrected chi connectivity index (χ3v) is 2.11. The van der Waals surface area contributed by atoms with E-state index in [0.717, 1.165) is 12.1 Å². The van der Waals surface area contributed by atoms with Crippen molar-refractivity contribution in [3.8, 4) is 0 Å². The molecule has 1 rings (SSSR count). The van der Waals surface area contributed by atoms with Crippen LogP contribution in [0.1, 0.15) is 12.5 Å². The molecule has 0 bridgehead atoms. The fourth-order valence-corrected chi connectivity index (χ4v) is 1.25. The molecule has 4 heteroatoms. The lowest BCUT2D eigenvalue weighted by molar-refractivity contribution is -0.120. The van der Waals surface area contributed by atoms with Crippen molar-refractivity contribution in [2.45, 2.75) is 13.3 Å². The average Bonchev–Trinajstić information content (AvgIpc) is 2.30. The molecule has 4 nitrogen and oxygen atoms in total. The van der Waals surface area contributed by atoms with E-state index in [1.165, 1.54) is 5.56 Å². The molecule has 0 fully saturated rings. The van der Waals surface area contributed by atoms with Gasteiger partial charge >= 0.3 is 0 Å². The minimum absolute atomic E-state index is 0.0317. The summed E-state index contributed by atoms with van der Waals surface area (Å²) in [4.78, 5) is 11.3. The number of carbonyl (C=O) groups is 1. The number of aliphatic hydroxyl groups excluding tert-OH is 1. The van der Waals surface area contributed by atoms with Crippen molar-refractivity contribution in [2.24, 2.45) is 0 Å². The molecule has 1 aromatic carbocycles. The fourth-order valence-electron chi connectivity index (χ4n) is 1.25. The van der Waals surface area contributed by atoms with E-state index in [9.17, 15) is 4.79 Å². The van der Waals surface area contributed by atoms with E-state index in [2.05, 4.69) is 12.2 Å². The molecule has 0 radical (unpaired) electrons. The van der Waals surface area contributed by atoms with Crippen molar-refractivity contribution in [1.82, 2.24) is 0 Å². The SMILES string of the molecule is CCc1ccc(NC(=O)COCCO)cc1. The molecule has 0 aliphatic rings. The van der Waals surface area contributed by atoms with Crippen molar-refractivity contribution < 1.29 is 14.6 Å². The number of amides is 1. The zero-order valence-corrected chi connectivity index (χ0v) is 9.40. The first-order chi connectivity index (χ1) is 7.76. The molecule has 0 saturated heterocycles. The third kappa shape index (κ3) is 4.42. The summed E-state index contributed by atoms with van der Waals surface area (Å²) in [5.41, 5.74) is 1.99. The molecular weight excluding hydrogens is 206 g/mol. The van der Waals surface area contributed by atoms with Crippen molar-refractivity contribution in [3.63, 3.8) is 0 Å². The molecule has 1 aromatic rings. The normalized spacial score (nSPS) is 10.1. The van der Waals surface area contributed by atoms with Gasteiger partial charge in [-0.1, -0.05) is 19.1 Å². The van der Waals surface area contributed by atoms with E-state index in [4.69, 9.17) is 9.84 Å². The van der Waals surface area contributed by atoms with Gasteiger partial charge in [-0.2, -0.15) is 0 Å². The van der Waals surface area contributed by atoms with E-state index >= 15 is 0 Å². The van der Waals surface area contributed by atoms with Gasteiger partial charge in [-0.3, -0.25) is 4.79 Å². The standard InChI is InChI=1S/C12H17NO3/c1-2-10-3-5-11(6-4-10)13-12(15)9-16-8-7-14/h3-6,14H,2,7-9H2,1H3,(H,13,15). The number of benzene rings is 1. The third-order valence-electron chi connectivity index (χ3n) is 2.11. The first-order valence-electron chi connectivity index (χ1n) is 5.33. The Morgan fingerprint density at radius 3 is 2.62 bits per heavy atom. The number of anilines is 1. The van der Waals surface area contributed by atoms with Crippen LogP contribution in [0.2, 0.25) is 0 Å². The van der Waals surface area contributed by atoms with Gasteiger partial charge in [0.05, 0.1) is 13.2 Å². The lowest BCUT2D eigenvalue weighted by Gasteiger charge is -2.06. The van der Waals surface area contributed by atoms with Crippen LogP contribution in [0.15, 0.2) is 24.3 Å². The molecule has 2 N–H and O–H groups in total. The summed E-state index contributed by atoms with van der Waals surface area (Å²) in [5, 5.41) is 11.2. The van der Waals surface area contributed by atoms with Crippen LogP contribution in [0.4, 0.5) is 5.69 Å². The van der Waals surface area contributed by atoms with Crippen LogP contribution in [-0.2, 0) is 16.0 Å². The van der Waals surface area contributed by atoms with Crippen molar-refractivity contribution in [3.05, 3.63) is 29.8 Å². The molecule has 0 heterocycles. The first kappa shape index (κ1) is 12.7. The van der Waals surface area contributed by atoms with Crippen LogP contribution in [0.3, 0.4) is 0 Å². The molecule has 88 valence electrons. The Morgan fingerprint density at radius 1 is 1.38 bits per heavy atom. The second kappa shape index (κ2) is 6.98. The van der Waals surface area contributed by atoms with Crippen molar-refractivity contribution >= 4 is 11.6 Å². The quantitative estimate of drug-likeness (QED) is 0.712. The van der Waals surface area contributed by atoms with Crippen molar-refractivity contribution in [1.29, 1.82) is 0 Å². The number of hydrogen-bond acceptors (Lipinski definition) is 3. The van der Waals surface area contributed by atoms with Gasteiger partial charge in [-0.25, -0.2) is 0 Å². The highest BCUT2D eigenvalue weighted by Gasteiger charge is 2.01. The van der Waals surface area contributed by atoms with Gasteiger partial charge in [0.1, 0.15) is 6.61 Å². The van der Waals surface area contributed by atoms with Crippen molar-refractivity contribution in [2.75, 3.05) is 25.1 Å². The fraction of sp³-hybridized carbons (Fsp3) is 0.417. The Balaban J connectivity index is 2.37. The number of aliphatic hydroxyl groups is 1. The lowest BCUT2D eigenvalue weighted by Crippen LogP contribution is -2.19. The number of rotatable bonds is 6. The molecule has 0 saturated carbocycles. The summed E-state index contributed by atoms with van der Waals surface area (Å²) in [6.07, 6.45) is 0.980. The molecule has 0 aromatic heterocycles. The van der Waals surface area contributed by atoms with Gasteiger partial charge in [0.2, 0.25) is 5.91 Å². The molecule has 1 amide bonds. The highest BCUT2D eigenvalue weighted by molar-refractivity contribution is 5.91. The first-order valence-corrected chi connectivity index (χ1v) is 5.33. The maximum Gasteiger partial charge on any atom is 0.250 e. The topological polar surface area (TPSA) is 58.6 Å². The van der Waals surface area contributed by atoms with Gasteiger partial charge in [-0.15, -0.1) is 0 Å². The van der Waals surface area contributed by atoms with Gasteiger partial charge < -0.3 is 15.2 Å². The largest absolute Gasteiger partial charge is 0.394 e. The Morgan fingerprint density at radius 2 is 2.06 bits per heavy atom. The summed E-state index contributed by atoms with van der Waals surface area (Å²) >= 11 is 0. The monoisotopic (exact) mass is 223 g/mol. The number of carbonyl (C=O) groups excluding carboxylic acids is 1. The van der Waals surface area contributed by atoms with Gasteiger partial charge in [0, 0.05) is 5.69 Å². The predicted octanol–water partition coefficient (Wildman–Crippen LogP) is 1.20. The number of ether oxygens (including phenoxy) is 1. The second-order valence-electron chi connectivity index (χ2n) is 3.37. The second-order valence-corrected chi connectivity index (χ2v) is 3.37. The lowest BCUT2D eigenvalue weighted by atomic mass is 10.1. The number of nitrogens with one attached hydrogen (secondary N) is 1. The van der Waals surface area contributed by atoms with E-state index in [-0.39, 0.29) is 25.7 Å². The summed E-state index contributed by atoms with van der Waals surface area (Å²) in [6.45, 7) is 2.16. The minimum atomic E-state index is -0.210. The predicted molar refractivity (Wildman–Crippen MR) is 62.4 cm³/mol. The van der Waals surface area contributed by atoms with Gasteiger partial charge in [0.15, 0.2) is 0 Å². The van der Waals surface area contributed by atoms with Gasteiger partial charge in [-0.05, 0) is 24.1 Å². The molecular formula is C12H17NO3. The average molecular weight is 223 g/mol. The summed E-state index contributed by atoms with van der Waals surface area (Å²) in [5.74, 6) is -0.210. The maximum atomic E-state index is 11.3. The van der Waals surface area contributed by atoms with Crippen LogP contribution in [0.5, 0.6) is 0 Å². The minimum Gasteiger partial charge on any atom is -0.394 e. The van der Waals surface area contributed by atoms with E-state index in [1.807, 2.05) is 24.3 Å². The van der Waals surface area contributed by atoms with Crippen LogP contribution < -0.4 is 5.32 Å². The van der Waals surface area contributed by atoms with E-state index < -0.39 is 0 Å². The van der Waals surface area contributed by atoms with Crippen LogP contribution in [0, 0.1) is 0 Å². The van der Waals surface area contributed by atoms with Crippen LogP contribution in [0.25, 0.3) is 0 Å². The molecule has 0 atom stereocenters. The van der Waals surface area contributed by atoms with Crippen LogP contribution in [-0.4, -0.2) is 30.8 Å². The molecule has 0 aliphatic heterocycles. The number of aryl methyl sites for hydroxylation is 1. The Bertz CT molecular complexity index is 322. The Hall–Kier alpha value is -1.39. The molecule has 0 aliphatic carbocycles. The zero-order chi connectivity index (χ0) is 11.8. The molecule has 0 spiro atoms. The zero-order valence-electron chi connectivity index (χ0n) is 9.40. The maximum absolute atomic E-state index is 11.3. The molecule has 0 unspecified atom stereocenters. The molecule has 16 heavy (non-hydrogen) atoms. The summed E-state index contributed by atoms with van der Waals surface area (Å²) < 4.78 is 4.90. The smallest absolute Gasteiger partial charge is 0.250 e. The summed E-state index contributed by atoms with van der Waals surface area (Å²) in [6, 6.07) is 7.68. The summed E-state index contributed by atoms with van der Waals surface area (Å²) in [7, 11) is 0. The number of hydrogen-bond donors (Lipinski definition) is 2. The van der Waals surface area contributed by atoms with E-state index in [1.54, 1.807) is 0 Å².